The number of hydrogen-bond donors (Lipinski definition) is 0. The number of rotatable bonds is 1. The Morgan fingerprint density at radius 2 is 1.45 bits per heavy atom. The molecule has 0 nitrogen and oxygen atoms in total. The topological polar surface area (TPSA) is 0 Å². The van der Waals surface area contributed by atoms with Gasteiger partial charge in [0.05, 0.1) is 0 Å². The van der Waals surface area contributed by atoms with E-state index >= 15 is 0 Å². The van der Waals surface area contributed by atoms with Gasteiger partial charge in [-0.1, -0.05) is 0 Å². The molecule has 11 heavy (non-hydrogen) atoms. The molecule has 1 aromatic rings. The van der Waals surface area contributed by atoms with Gasteiger partial charge in [-0.2, -0.15) is 0 Å². The van der Waals surface area contributed by atoms with E-state index in [4.69, 9.17) is 22.5 Å². The van der Waals surface area contributed by atoms with Crippen LogP contribution in [0, 0.1) is 0 Å². The van der Waals surface area contributed by atoms with Crippen LogP contribution in [-0.4, -0.2) is 13.3 Å². The number of halogens is 2. The summed E-state index contributed by atoms with van der Waals surface area (Å²) < 4.78 is 0. The Balaban J connectivity index is 3.14. The first-order valence-corrected chi connectivity index (χ1v) is 8.31. The molecule has 0 fully saturated rings. The van der Waals surface area contributed by atoms with Crippen molar-refractivity contribution in [3.05, 3.63) is 30.3 Å². The molecule has 0 aliphatic rings. The van der Waals surface area contributed by atoms with Gasteiger partial charge in [0, 0.05) is 0 Å². The summed E-state index contributed by atoms with van der Waals surface area (Å²) in [6.07, 6.45) is 0. The van der Waals surface area contributed by atoms with E-state index in [1.165, 1.54) is 0 Å². The van der Waals surface area contributed by atoms with E-state index in [0.29, 0.717) is 0 Å². The molecule has 0 bridgehead atoms. The molecule has 1 aromatic carbocycles. The molecule has 0 heterocycles. The molecule has 0 aliphatic heterocycles. The van der Waals surface area contributed by atoms with Gasteiger partial charge in [0.1, 0.15) is 0 Å². The molecule has 0 aliphatic carbocycles. The van der Waals surface area contributed by atoms with Crippen LogP contribution in [-0.2, 0) is 0 Å². The zero-order valence-corrected chi connectivity index (χ0v) is 9.00. The summed E-state index contributed by atoms with van der Waals surface area (Å²) in [6, 6.07) is 9.80. The molecule has 62 valence electrons. The van der Waals surface area contributed by atoms with E-state index in [2.05, 4.69) is 0 Å². The molecule has 0 unspecified atom stereocenters. The van der Waals surface area contributed by atoms with Gasteiger partial charge in [0.2, 0.25) is 0 Å². The minimum absolute atomic E-state index is 1.04. The molecule has 0 saturated carbocycles. The van der Waals surface area contributed by atoms with Crippen molar-refractivity contribution in [2.24, 2.45) is 0 Å². The fraction of sp³-hybridized carbons (Fsp3) is 0.250. The van der Waals surface area contributed by atoms with Crippen molar-refractivity contribution < 1.29 is 0 Å². The molecule has 0 N–H and O–H groups in total. The van der Waals surface area contributed by atoms with Gasteiger partial charge in [0.25, 0.3) is 0 Å². The average molecular weight is 209 g/mol. The molecule has 0 aromatic heterocycles. The van der Waals surface area contributed by atoms with Crippen LogP contribution in [0.2, 0.25) is 0 Å². The van der Waals surface area contributed by atoms with E-state index in [1.807, 2.05) is 43.7 Å². The Bertz CT molecular complexity index is 239. The fourth-order valence-electron chi connectivity index (χ4n) is 0.839. The summed E-state index contributed by atoms with van der Waals surface area (Å²) >= 11 is 12.4. The quantitative estimate of drug-likeness (QED) is 0.621. The summed E-state index contributed by atoms with van der Waals surface area (Å²) in [4.78, 5) is 0. The predicted molar refractivity (Wildman–Crippen MR) is 56.6 cm³/mol. The van der Waals surface area contributed by atoms with E-state index in [1.54, 1.807) is 0 Å². The maximum absolute atomic E-state index is 6.21. The van der Waals surface area contributed by atoms with Crippen LogP contribution >= 0.6 is 27.8 Å². The van der Waals surface area contributed by atoms with E-state index in [9.17, 15) is 0 Å². The molecular weight excluding hydrogens is 198 g/mol. The minimum atomic E-state index is -2.55. The molecule has 0 amide bonds. The zero-order valence-electron chi connectivity index (χ0n) is 6.59. The number of benzene rings is 1. The van der Waals surface area contributed by atoms with Crippen molar-refractivity contribution in [2.45, 2.75) is 0 Å². The second-order valence-corrected chi connectivity index (χ2v) is 13.9. The van der Waals surface area contributed by atoms with Crippen molar-refractivity contribution >= 4 is 33.1 Å². The van der Waals surface area contributed by atoms with Crippen molar-refractivity contribution in [1.82, 2.24) is 0 Å². The van der Waals surface area contributed by atoms with E-state index in [0.717, 1.165) is 5.30 Å². The van der Waals surface area contributed by atoms with Crippen LogP contribution in [0.4, 0.5) is 0 Å². The standard InChI is InChI=1S/C8H11Cl2P/c1-11(2,9,10)8-6-4-3-5-7-8/h3-7H,1-2H3. The van der Waals surface area contributed by atoms with Crippen LogP contribution < -0.4 is 5.30 Å². The summed E-state index contributed by atoms with van der Waals surface area (Å²) in [5.41, 5.74) is 0. The first-order valence-electron chi connectivity index (χ1n) is 3.37. The molecular formula is C8H11Cl2P. The van der Waals surface area contributed by atoms with Gasteiger partial charge in [-0.05, 0) is 0 Å². The van der Waals surface area contributed by atoms with Crippen LogP contribution in [0.15, 0.2) is 30.3 Å². The van der Waals surface area contributed by atoms with Crippen LogP contribution in [0.5, 0.6) is 0 Å². The van der Waals surface area contributed by atoms with Crippen LogP contribution in [0.1, 0.15) is 0 Å². The molecule has 1 rings (SSSR count). The Hall–Kier alpha value is 0.230. The Labute approximate surface area is 77.0 Å². The van der Waals surface area contributed by atoms with Gasteiger partial charge < -0.3 is 0 Å². The normalized spacial score (nSPS) is 15.5. The summed E-state index contributed by atoms with van der Waals surface area (Å²) in [7, 11) is 0. The summed E-state index contributed by atoms with van der Waals surface area (Å²) in [5, 5.41) is -1.50. The van der Waals surface area contributed by atoms with Crippen molar-refractivity contribution in [2.75, 3.05) is 13.3 Å². The number of hydrogen-bond acceptors (Lipinski definition) is 0. The fourth-order valence-corrected chi connectivity index (χ4v) is 2.51. The molecule has 0 atom stereocenters. The second kappa shape index (κ2) is 2.62. The van der Waals surface area contributed by atoms with Gasteiger partial charge in [-0.15, -0.1) is 0 Å². The van der Waals surface area contributed by atoms with Gasteiger partial charge in [-0.25, -0.2) is 0 Å². The van der Waals surface area contributed by atoms with Gasteiger partial charge in [-0.3, -0.25) is 0 Å². The predicted octanol–water partition coefficient (Wildman–Crippen LogP) is 3.43. The summed E-state index contributed by atoms with van der Waals surface area (Å²) in [6.45, 7) is 3.81. The third kappa shape index (κ3) is 2.63. The first-order chi connectivity index (χ1) is 4.86. The zero-order chi connectivity index (χ0) is 8.56. The molecule has 0 spiro atoms. The molecule has 3 heteroatoms. The monoisotopic (exact) mass is 208 g/mol. The maximum atomic E-state index is 6.21. The second-order valence-electron chi connectivity index (χ2n) is 3.14. The SMILES string of the molecule is CP(C)(Cl)(Cl)c1ccccc1. The van der Waals surface area contributed by atoms with Crippen molar-refractivity contribution in [3.8, 4) is 0 Å². The Morgan fingerprint density at radius 3 is 1.73 bits per heavy atom. The molecule has 0 saturated heterocycles. The van der Waals surface area contributed by atoms with E-state index < -0.39 is 5.31 Å². The van der Waals surface area contributed by atoms with Gasteiger partial charge in [0.15, 0.2) is 0 Å². The first kappa shape index (κ1) is 9.32. The third-order valence-corrected chi connectivity index (χ3v) is 4.36. The Kier molecular flexibility index (Phi) is 2.22. The average Bonchev–Trinajstić information content (AvgIpc) is 1.86. The molecule has 0 radical (unpaired) electrons. The van der Waals surface area contributed by atoms with E-state index in [-0.39, 0.29) is 0 Å². The van der Waals surface area contributed by atoms with Crippen molar-refractivity contribution in [3.63, 3.8) is 0 Å². The summed E-state index contributed by atoms with van der Waals surface area (Å²) in [5.74, 6) is 0. The van der Waals surface area contributed by atoms with Crippen LogP contribution in [0.25, 0.3) is 0 Å². The Morgan fingerprint density at radius 1 is 1.00 bits per heavy atom. The third-order valence-electron chi connectivity index (χ3n) is 1.47. The van der Waals surface area contributed by atoms with Crippen molar-refractivity contribution in [1.29, 1.82) is 0 Å². The van der Waals surface area contributed by atoms with Crippen LogP contribution in [0.3, 0.4) is 0 Å². The van der Waals surface area contributed by atoms with Gasteiger partial charge >= 0.3 is 76.8 Å².